The Morgan fingerprint density at radius 2 is 0.686 bits per heavy atom. The van der Waals surface area contributed by atoms with E-state index in [2.05, 4.69) is 162 Å². The van der Waals surface area contributed by atoms with Crippen LogP contribution in [0.25, 0.3) is 0 Å². The van der Waals surface area contributed by atoms with Crippen LogP contribution in [0, 0.1) is 49.7 Å². The number of hydroxylamine groups is 14. The van der Waals surface area contributed by atoms with Crippen molar-refractivity contribution in [2.24, 2.45) is 49.7 Å². The molecule has 2 saturated heterocycles. The highest BCUT2D eigenvalue weighted by molar-refractivity contribution is 6.02. The van der Waals surface area contributed by atoms with Crippen molar-refractivity contribution in [3.05, 3.63) is 70.6 Å². The second-order valence-corrected chi connectivity index (χ2v) is 50.2. The van der Waals surface area contributed by atoms with Gasteiger partial charge in [0.1, 0.15) is 11.6 Å². The molecule has 0 aromatic rings. The molecule has 0 aromatic carbocycles. The van der Waals surface area contributed by atoms with Crippen LogP contribution in [0.5, 0.6) is 0 Å². The van der Waals surface area contributed by atoms with E-state index in [1.54, 1.807) is 5.06 Å². The Bertz CT molecular complexity index is 3650. The summed E-state index contributed by atoms with van der Waals surface area (Å²) in [5.74, 6) is 0.746. The van der Waals surface area contributed by atoms with Gasteiger partial charge in [0, 0.05) is 72.7 Å². The lowest BCUT2D eigenvalue weighted by molar-refractivity contribution is -0.250. The molecule has 706 valence electrons. The van der Waals surface area contributed by atoms with Crippen LogP contribution in [0.4, 0.5) is 0 Å². The molecule has 0 spiro atoms. The summed E-state index contributed by atoms with van der Waals surface area (Å²) in [6, 6.07) is 0. The molecule has 0 saturated carbocycles. The van der Waals surface area contributed by atoms with Crippen molar-refractivity contribution in [2.45, 2.75) is 507 Å². The SMILES string of the molecule is C=C(CC(C)(C)C)NC1=CC(C)(C)N(O)C1(C)C.CC(C)(C)C(=O)C1=CC(C)(C)N(O)C1(C)C.CC(C)(C)C(=O)C1CC(C)(C)N(O)C(C)(C)C1.CC(C)(C)C(=O)C1CC(C)(C)N(O)C1(C)C.CC(C)(C)CC1=CC(C)(C)N(O)C1(C)C.CCC1(CC)C=C(C(=O)C(C)(C)C)C(CC)(CC)N1O.CCC1(CC)C=C(CC(C)(C)C)C(CC)(CC)N1O. The Morgan fingerprint density at radius 3 is 0.975 bits per heavy atom. The molecule has 0 aromatic heterocycles. The minimum atomic E-state index is -0.617. The summed E-state index contributed by atoms with van der Waals surface area (Å²) in [6.07, 6.45) is 22.7. The number of nitrogens with zero attached hydrogens (tertiary/aromatic N) is 7. The summed E-state index contributed by atoms with van der Waals surface area (Å²) >= 11 is 0. The van der Waals surface area contributed by atoms with Crippen LogP contribution in [0.3, 0.4) is 0 Å². The molecule has 0 radical (unpaired) electrons. The van der Waals surface area contributed by atoms with Crippen molar-refractivity contribution in [1.82, 2.24) is 40.8 Å². The van der Waals surface area contributed by atoms with E-state index in [1.165, 1.54) is 41.5 Å². The van der Waals surface area contributed by atoms with E-state index in [0.717, 1.165) is 100 Å². The van der Waals surface area contributed by atoms with Crippen molar-refractivity contribution in [2.75, 3.05) is 0 Å². The number of hydrogen-bond acceptors (Lipinski definition) is 19. The maximum absolute atomic E-state index is 12.9. The third kappa shape index (κ3) is 26.6. The van der Waals surface area contributed by atoms with E-state index in [9.17, 15) is 55.6 Å². The van der Waals surface area contributed by atoms with Gasteiger partial charge in [-0.15, -0.1) is 0 Å². The second kappa shape index (κ2) is 39.0. The van der Waals surface area contributed by atoms with Gasteiger partial charge >= 0.3 is 0 Å². The molecule has 0 amide bonds. The average Bonchev–Trinajstić information content (AvgIpc) is 1.58. The summed E-state index contributed by atoms with van der Waals surface area (Å²) in [5.41, 5.74) is 0.485. The van der Waals surface area contributed by atoms with E-state index >= 15 is 0 Å². The fourth-order valence-corrected chi connectivity index (χ4v) is 19.8. The van der Waals surface area contributed by atoms with Crippen LogP contribution in [-0.2, 0) is 19.2 Å². The van der Waals surface area contributed by atoms with Gasteiger partial charge in [-0.2, -0.15) is 35.4 Å². The Morgan fingerprint density at radius 1 is 0.355 bits per heavy atom. The van der Waals surface area contributed by atoms with Crippen LogP contribution in [0.15, 0.2) is 70.6 Å². The summed E-state index contributed by atoms with van der Waals surface area (Å²) in [5, 5.41) is 86.0. The topological polar surface area (TPSA) is 245 Å². The van der Waals surface area contributed by atoms with Gasteiger partial charge in [-0.3, -0.25) is 19.2 Å². The fourth-order valence-electron chi connectivity index (χ4n) is 19.8. The molecule has 0 aliphatic carbocycles. The summed E-state index contributed by atoms with van der Waals surface area (Å²) < 4.78 is 0. The van der Waals surface area contributed by atoms with Crippen LogP contribution in [0.2, 0.25) is 0 Å². The zero-order valence-corrected chi connectivity index (χ0v) is 87.5. The molecule has 0 bridgehead atoms. The molecule has 7 aliphatic rings. The quantitative estimate of drug-likeness (QED) is 0.0631. The number of Topliss-reactive ketones (excluding diaryl/α,β-unsaturated/α-hetero) is 4. The smallest absolute Gasteiger partial charge is 0.165 e. The third-order valence-corrected chi connectivity index (χ3v) is 27.1. The monoisotopic (exact) mass is 1710 g/mol. The summed E-state index contributed by atoms with van der Waals surface area (Å²) in [7, 11) is 0. The molecule has 19 heteroatoms. The lowest BCUT2D eigenvalue weighted by Gasteiger charge is -2.51. The maximum atomic E-state index is 12.9. The van der Waals surface area contributed by atoms with Crippen LogP contribution < -0.4 is 5.32 Å². The standard InChI is InChI=1S/C17H31NO2.C17H33NO.C15H28N2O.C14H27NO2.C13H25NO2.C13H23NO2.C13H25NO/c1-8-16(9-2)12-13(14(19)15(5,6)7)17(10-3,11-4)18(16)20;1-8-16(9-2)13-14(12-15(5,6)7)17(10-3,11-4)18(16)19;1-11(9-13(2,3)4)16-12-10-14(5,6)17(18)15(12,7)8;1-12(2,3)11(16)10-8-13(4,5)15(17)14(6,7)9-10;2*1-11(2,3)10(15)9-8-12(4,5)14(16)13(9,6)7;1-11(2,3)8-10-9-12(4,5)14(15)13(10,6)7/h12,20H,8-11H2,1-7H3;13,19H,8-12H2,1-7H3;10,16,18H,1,9H2,2-8H3;10,17H,8-9H2,1-7H3;9,16H,8H2,1-7H3;8,16H,1-7H3;9,15H,8H2,1-7H3. The second-order valence-electron chi connectivity index (χ2n) is 50.2. The van der Waals surface area contributed by atoms with Gasteiger partial charge in [-0.1, -0.05) is 232 Å². The normalized spacial score (nSPS) is 24.5. The molecule has 19 nitrogen and oxygen atoms in total. The molecule has 8 N–H and O–H groups in total. The Balaban J connectivity index is 0.000000707. The zero-order valence-electron chi connectivity index (χ0n) is 87.5. The number of nitrogens with one attached hydrogen (secondary N) is 1. The number of carbonyl (C=O) groups excluding carboxylic acids is 4. The molecule has 2 fully saturated rings. The van der Waals surface area contributed by atoms with Crippen LogP contribution in [0.1, 0.15) is 429 Å². The number of piperidine rings is 1. The first-order valence-electron chi connectivity index (χ1n) is 46.1. The number of carbonyl (C=O) groups is 4. The fraction of sp³-hybridized carbons (Fsp3) is 0.843. The summed E-state index contributed by atoms with van der Waals surface area (Å²) in [4.78, 5) is 49.9. The highest BCUT2D eigenvalue weighted by Crippen LogP contribution is 2.53. The molecule has 1 unspecified atom stereocenters. The first kappa shape index (κ1) is 115. The Kier molecular flexibility index (Phi) is 37.1. The first-order chi connectivity index (χ1) is 53.4. The highest BCUT2D eigenvalue weighted by Gasteiger charge is 2.59. The Labute approximate surface area is 742 Å². The largest absolute Gasteiger partial charge is 0.361 e. The van der Waals surface area contributed by atoms with Gasteiger partial charge in [0.25, 0.3) is 0 Å². The highest BCUT2D eigenvalue weighted by atomic mass is 16.5. The lowest BCUT2D eigenvalue weighted by atomic mass is 9.69. The van der Waals surface area contributed by atoms with E-state index < -0.39 is 44.1 Å². The lowest BCUT2D eigenvalue weighted by Crippen LogP contribution is -2.60. The van der Waals surface area contributed by atoms with E-state index in [1.807, 2.05) is 220 Å². The van der Waals surface area contributed by atoms with Crippen LogP contribution in [-0.4, -0.2) is 173 Å². The minimum absolute atomic E-state index is 0.0448. The van der Waals surface area contributed by atoms with Crippen molar-refractivity contribution in [3.63, 3.8) is 0 Å². The molecule has 7 aliphatic heterocycles. The van der Waals surface area contributed by atoms with Crippen LogP contribution >= 0.6 is 0 Å². The van der Waals surface area contributed by atoms with Gasteiger partial charge < -0.3 is 41.8 Å². The molecule has 121 heavy (non-hydrogen) atoms. The van der Waals surface area contributed by atoms with E-state index in [-0.39, 0.29) is 101 Å². The van der Waals surface area contributed by atoms with Gasteiger partial charge in [0.2, 0.25) is 0 Å². The van der Waals surface area contributed by atoms with Crippen molar-refractivity contribution in [3.8, 4) is 0 Å². The average molecular weight is 1710 g/mol. The van der Waals surface area contributed by atoms with Gasteiger partial charge in [0.15, 0.2) is 11.6 Å². The van der Waals surface area contributed by atoms with Gasteiger partial charge in [-0.25, -0.2) is 0 Å². The predicted molar refractivity (Wildman–Crippen MR) is 503 cm³/mol. The van der Waals surface area contributed by atoms with Gasteiger partial charge in [-0.05, 0) is 262 Å². The predicted octanol–water partition coefficient (Wildman–Crippen LogP) is 25.7. The van der Waals surface area contributed by atoms with Gasteiger partial charge in [0.05, 0.1) is 60.9 Å². The van der Waals surface area contributed by atoms with E-state index in [0.29, 0.717) is 17.8 Å². The number of rotatable bonds is 17. The first-order valence-corrected chi connectivity index (χ1v) is 46.1. The maximum Gasteiger partial charge on any atom is 0.165 e. The Hall–Kier alpha value is -3.64. The van der Waals surface area contributed by atoms with E-state index in [4.69, 9.17) is 0 Å². The number of ketones is 4. The zero-order chi connectivity index (χ0) is 96.6. The van der Waals surface area contributed by atoms with Crippen molar-refractivity contribution in [1.29, 1.82) is 0 Å². The third-order valence-electron chi connectivity index (χ3n) is 27.1. The minimum Gasteiger partial charge on any atom is -0.361 e. The molecule has 7 rings (SSSR count). The number of hydrogen-bond donors (Lipinski definition) is 8. The molecule has 1 atom stereocenters. The molecular weight excluding hydrogens is 1510 g/mol. The van der Waals surface area contributed by atoms with Crippen molar-refractivity contribution >= 4 is 23.1 Å². The van der Waals surface area contributed by atoms with Crippen molar-refractivity contribution < 1.29 is 55.6 Å². The molecular formula is C102H192N8O11. The molecule has 7 heterocycles. The number of allylic oxidation sites excluding steroid dienone is 1. The summed E-state index contributed by atoms with van der Waals surface area (Å²) in [6.45, 7) is 104.